The van der Waals surface area contributed by atoms with Gasteiger partial charge in [-0.1, -0.05) is 0 Å². The van der Waals surface area contributed by atoms with Crippen molar-refractivity contribution in [2.45, 2.75) is 19.9 Å². The quantitative estimate of drug-likeness (QED) is 0.795. The van der Waals surface area contributed by atoms with E-state index in [0.717, 1.165) is 28.2 Å². The lowest BCUT2D eigenvalue weighted by atomic mass is 10.0. The Balaban J connectivity index is 1.82. The number of hydrogen-bond acceptors (Lipinski definition) is 5. The minimum atomic E-state index is -0.169. The third-order valence-corrected chi connectivity index (χ3v) is 4.47. The van der Waals surface area contributed by atoms with E-state index in [0.29, 0.717) is 11.3 Å². The number of rotatable bonds is 3. The molecule has 126 valence electrons. The number of nitrogens with one attached hydrogen (secondary N) is 1. The average Bonchev–Trinajstić information content (AvgIpc) is 3.22. The van der Waals surface area contributed by atoms with Gasteiger partial charge in [0.25, 0.3) is 5.91 Å². The average molecular weight is 335 g/mol. The Kier molecular flexibility index (Phi) is 3.49. The monoisotopic (exact) mass is 335 g/mol. The van der Waals surface area contributed by atoms with Crippen LogP contribution in [0.15, 0.2) is 36.9 Å². The van der Waals surface area contributed by atoms with Crippen LogP contribution in [0.2, 0.25) is 0 Å². The summed E-state index contributed by atoms with van der Waals surface area (Å²) in [5.41, 5.74) is 4.69. The van der Waals surface area contributed by atoms with Crippen molar-refractivity contribution in [3.8, 4) is 17.0 Å². The van der Waals surface area contributed by atoms with Gasteiger partial charge in [-0.3, -0.25) is 19.8 Å². The predicted molar refractivity (Wildman–Crippen MR) is 92.6 cm³/mol. The van der Waals surface area contributed by atoms with E-state index in [-0.39, 0.29) is 11.9 Å². The van der Waals surface area contributed by atoms with E-state index in [1.807, 2.05) is 26.0 Å². The second kappa shape index (κ2) is 5.70. The number of aromatic amines is 1. The molecule has 25 heavy (non-hydrogen) atoms. The van der Waals surface area contributed by atoms with Gasteiger partial charge in [-0.05, 0) is 31.5 Å². The maximum atomic E-state index is 12.9. The lowest BCUT2D eigenvalue weighted by Gasteiger charge is -2.19. The Bertz CT molecular complexity index is 952. The number of ether oxygens (including phenoxy) is 1. The van der Waals surface area contributed by atoms with Crippen molar-refractivity contribution in [3.63, 3.8) is 0 Å². The van der Waals surface area contributed by atoms with E-state index in [1.54, 1.807) is 36.8 Å². The maximum Gasteiger partial charge on any atom is 0.261 e. The number of anilines is 1. The van der Waals surface area contributed by atoms with Crippen LogP contribution in [0.4, 0.5) is 5.69 Å². The zero-order chi connectivity index (χ0) is 17.6. The van der Waals surface area contributed by atoms with E-state index in [9.17, 15) is 4.79 Å². The third-order valence-electron chi connectivity index (χ3n) is 4.47. The molecule has 7 nitrogen and oxygen atoms in total. The number of pyridine rings is 2. The zero-order valence-corrected chi connectivity index (χ0v) is 14.1. The largest absolute Gasteiger partial charge is 0.495 e. The van der Waals surface area contributed by atoms with Crippen LogP contribution in [0.25, 0.3) is 11.3 Å². The van der Waals surface area contributed by atoms with E-state index >= 15 is 0 Å². The van der Waals surface area contributed by atoms with Gasteiger partial charge in [0.2, 0.25) is 0 Å². The van der Waals surface area contributed by atoms with Crippen LogP contribution in [0, 0.1) is 6.92 Å². The van der Waals surface area contributed by atoms with Gasteiger partial charge in [0.15, 0.2) is 0 Å². The van der Waals surface area contributed by atoms with Crippen molar-refractivity contribution in [3.05, 3.63) is 53.7 Å². The first-order chi connectivity index (χ1) is 12.1. The van der Waals surface area contributed by atoms with E-state index in [1.165, 1.54) is 0 Å². The number of carbonyl (C=O) groups excluding carboxylic acids is 1. The normalized spacial score (nSPS) is 16.2. The van der Waals surface area contributed by atoms with Crippen molar-refractivity contribution in [2.24, 2.45) is 0 Å². The number of methoxy groups -OCH3 is 1. The molecule has 1 atom stereocenters. The molecule has 4 heterocycles. The van der Waals surface area contributed by atoms with Gasteiger partial charge >= 0.3 is 0 Å². The topological polar surface area (TPSA) is 84.0 Å². The highest BCUT2D eigenvalue weighted by molar-refractivity contribution is 6.11. The SMILES string of the molecule is COc1cncc(-c2cc(C)c3c(n2)[C@@H](C)N(c2cn[nH]c2)C3=O)c1. The molecule has 3 aromatic heterocycles. The molecule has 1 aliphatic rings. The lowest BCUT2D eigenvalue weighted by Crippen LogP contribution is -2.25. The maximum absolute atomic E-state index is 12.9. The third kappa shape index (κ3) is 2.36. The van der Waals surface area contributed by atoms with Crippen molar-refractivity contribution < 1.29 is 9.53 Å². The Morgan fingerprint density at radius 3 is 2.80 bits per heavy atom. The van der Waals surface area contributed by atoms with Gasteiger partial charge < -0.3 is 4.74 Å². The molecular weight excluding hydrogens is 318 g/mol. The fraction of sp³-hybridized carbons (Fsp3) is 0.222. The summed E-state index contributed by atoms with van der Waals surface area (Å²) in [6, 6.07) is 3.63. The van der Waals surface area contributed by atoms with Crippen molar-refractivity contribution in [1.29, 1.82) is 0 Å². The molecule has 0 unspecified atom stereocenters. The molecule has 3 aromatic rings. The molecule has 0 saturated heterocycles. The lowest BCUT2D eigenvalue weighted by molar-refractivity contribution is 0.0992. The zero-order valence-electron chi connectivity index (χ0n) is 14.1. The summed E-state index contributed by atoms with van der Waals surface area (Å²) in [7, 11) is 1.60. The van der Waals surface area contributed by atoms with Gasteiger partial charge in [0, 0.05) is 18.0 Å². The standard InChI is InChI=1S/C18H17N5O2/c1-10-4-15(12-5-14(25-3)9-19-6-12)22-17-11(2)23(18(24)16(10)17)13-7-20-21-8-13/h4-9,11H,1-3H3,(H,20,21)/t11-/m1/s1. The van der Waals surface area contributed by atoms with Crippen molar-refractivity contribution >= 4 is 11.6 Å². The van der Waals surface area contributed by atoms with E-state index < -0.39 is 0 Å². The van der Waals surface area contributed by atoms with Gasteiger partial charge in [-0.15, -0.1) is 0 Å². The summed E-state index contributed by atoms with van der Waals surface area (Å²) < 4.78 is 5.24. The molecule has 4 rings (SSSR count). The van der Waals surface area contributed by atoms with Crippen LogP contribution in [-0.2, 0) is 0 Å². The highest BCUT2D eigenvalue weighted by Gasteiger charge is 2.38. The summed E-state index contributed by atoms with van der Waals surface area (Å²) in [6.07, 6.45) is 6.74. The molecule has 1 N–H and O–H groups in total. The number of amides is 1. The van der Waals surface area contributed by atoms with E-state index in [4.69, 9.17) is 9.72 Å². The first-order valence-electron chi connectivity index (χ1n) is 7.93. The number of aryl methyl sites for hydroxylation is 1. The van der Waals surface area contributed by atoms with Crippen LogP contribution in [-0.4, -0.2) is 33.2 Å². The second-order valence-corrected chi connectivity index (χ2v) is 6.01. The van der Waals surface area contributed by atoms with Crippen LogP contribution in [0.3, 0.4) is 0 Å². The summed E-state index contributed by atoms with van der Waals surface area (Å²) in [6.45, 7) is 3.90. The first kappa shape index (κ1) is 15.3. The van der Waals surface area contributed by atoms with Crippen LogP contribution >= 0.6 is 0 Å². The second-order valence-electron chi connectivity index (χ2n) is 6.01. The number of fused-ring (bicyclic) bond motifs is 1. The number of hydrogen-bond donors (Lipinski definition) is 1. The molecule has 0 saturated carbocycles. The molecule has 1 aliphatic heterocycles. The molecule has 0 fully saturated rings. The Morgan fingerprint density at radius 1 is 1.24 bits per heavy atom. The van der Waals surface area contributed by atoms with Crippen molar-refractivity contribution in [1.82, 2.24) is 20.2 Å². The fourth-order valence-electron chi connectivity index (χ4n) is 3.23. The number of nitrogens with zero attached hydrogens (tertiary/aromatic N) is 4. The fourth-order valence-corrected chi connectivity index (χ4v) is 3.23. The van der Waals surface area contributed by atoms with Gasteiger partial charge in [0.05, 0.1) is 48.2 Å². The Labute approximate surface area is 144 Å². The first-order valence-corrected chi connectivity index (χ1v) is 7.93. The van der Waals surface area contributed by atoms with Crippen LogP contribution in [0.5, 0.6) is 5.75 Å². The molecule has 0 radical (unpaired) electrons. The summed E-state index contributed by atoms with van der Waals surface area (Å²) in [5.74, 6) is 0.616. The van der Waals surface area contributed by atoms with Crippen LogP contribution < -0.4 is 9.64 Å². The van der Waals surface area contributed by atoms with E-state index in [2.05, 4.69) is 15.2 Å². The number of carbonyl (C=O) groups is 1. The Morgan fingerprint density at radius 2 is 2.08 bits per heavy atom. The molecule has 7 heteroatoms. The Hall–Kier alpha value is -3.22. The summed E-state index contributed by atoms with van der Waals surface area (Å²) in [5, 5.41) is 6.70. The molecule has 0 spiro atoms. The van der Waals surface area contributed by atoms with Gasteiger partial charge in [-0.2, -0.15) is 5.10 Å². The summed E-state index contributed by atoms with van der Waals surface area (Å²) >= 11 is 0. The summed E-state index contributed by atoms with van der Waals surface area (Å²) in [4.78, 5) is 23.5. The smallest absolute Gasteiger partial charge is 0.261 e. The molecular formula is C18H17N5O2. The highest BCUT2D eigenvalue weighted by atomic mass is 16.5. The highest BCUT2D eigenvalue weighted by Crippen LogP contribution is 2.38. The molecule has 0 aliphatic carbocycles. The molecule has 1 amide bonds. The number of H-pyrrole nitrogens is 1. The van der Waals surface area contributed by atoms with Crippen LogP contribution in [0.1, 0.15) is 34.6 Å². The van der Waals surface area contributed by atoms with Crippen molar-refractivity contribution in [2.75, 3.05) is 12.0 Å². The van der Waals surface area contributed by atoms with Gasteiger partial charge in [0.1, 0.15) is 5.75 Å². The minimum absolute atomic E-state index is 0.0517. The molecule has 0 bridgehead atoms. The number of aromatic nitrogens is 4. The predicted octanol–water partition coefficient (Wildman–Crippen LogP) is 2.91. The molecule has 0 aromatic carbocycles. The minimum Gasteiger partial charge on any atom is -0.495 e. The van der Waals surface area contributed by atoms with Gasteiger partial charge in [-0.25, -0.2) is 4.98 Å².